The maximum atomic E-state index is 11.1. The Morgan fingerprint density at radius 3 is 1.66 bits per heavy atom. The van der Waals surface area contributed by atoms with E-state index < -0.39 is 44.0 Å². The van der Waals surface area contributed by atoms with Gasteiger partial charge in [0.1, 0.15) is 12.2 Å². The minimum Gasteiger partial charge on any atom is -0.388 e. The van der Waals surface area contributed by atoms with E-state index in [9.17, 15) is 21.9 Å². The molecule has 15 heteroatoms. The number of halogens is 1. The Kier molecular flexibility index (Phi) is 17.2. The predicted molar refractivity (Wildman–Crippen MR) is 133 cm³/mol. The third-order valence-corrected chi connectivity index (χ3v) is 6.11. The molecule has 0 aliphatic carbocycles. The van der Waals surface area contributed by atoms with Gasteiger partial charge in [-0.05, 0) is 23.7 Å². The first kappa shape index (κ1) is 35.0. The van der Waals surface area contributed by atoms with Crippen molar-refractivity contribution >= 4 is 48.8 Å². The highest BCUT2D eigenvalue weighted by atomic mass is 35.7. The van der Waals surface area contributed by atoms with Gasteiger partial charge in [-0.15, -0.1) is 0 Å². The molecule has 32 heavy (non-hydrogen) atoms. The van der Waals surface area contributed by atoms with E-state index in [4.69, 9.17) is 22.7 Å². The van der Waals surface area contributed by atoms with E-state index in [2.05, 4.69) is 36.5 Å². The van der Waals surface area contributed by atoms with E-state index in [0.717, 1.165) is 12.5 Å². The van der Waals surface area contributed by atoms with Gasteiger partial charge in [0.05, 0.1) is 25.7 Å². The summed E-state index contributed by atoms with van der Waals surface area (Å²) in [5.41, 5.74) is 0. The molecular weight excluding hydrogens is 526 g/mol. The van der Waals surface area contributed by atoms with Crippen LogP contribution in [-0.2, 0) is 41.9 Å². The molecule has 0 aromatic carbocycles. The number of aliphatic hydroxyl groups is 1. The average Bonchev–Trinajstić information content (AvgIpc) is 2.62. The van der Waals surface area contributed by atoms with Crippen LogP contribution in [0.15, 0.2) is 0 Å². The highest BCUT2D eigenvalue weighted by molar-refractivity contribution is 8.13. The van der Waals surface area contributed by atoms with E-state index in [1.165, 1.54) is 0 Å². The number of hydrogen-bond donors (Lipinski definition) is 1. The maximum absolute atomic E-state index is 11.1. The summed E-state index contributed by atoms with van der Waals surface area (Å²) in [5, 5.41) is 9.54. The van der Waals surface area contributed by atoms with Crippen molar-refractivity contribution in [1.82, 2.24) is 0 Å². The molecule has 0 saturated carbocycles. The molecule has 2 heterocycles. The topological polar surface area (TPSA) is 135 Å². The first-order valence-electron chi connectivity index (χ1n) is 9.42. The fourth-order valence-electron chi connectivity index (χ4n) is 2.72. The molecule has 10 atom stereocenters. The molecule has 1 N–H and O–H groups in total. The van der Waals surface area contributed by atoms with Crippen LogP contribution in [0, 0.1) is 23.7 Å². The Bertz CT molecular complexity index is 719. The third-order valence-electron chi connectivity index (χ3n) is 5.00. The molecule has 2 rings (SSSR count). The van der Waals surface area contributed by atoms with Gasteiger partial charge in [-0.1, -0.05) is 35.1 Å². The standard InChI is InChI=1S/C8H17O5PS.C7H15O3P.CH3ClO2S.CH4.H2/c1-5-4-11-8(12-14)7(6(5)2)13-15(3,9)10;1-4-3-9-7(10-11)6(8)5(4)2;1-5(2,3)4;;/h5-8H,4,14H2,1-3H3;4-8H,3,11H2,1-2H3;1H3;1H4;1H/t5-,6-,7+,8?;4-,5-,6+,7?;;;/m00.../s1/i;;;;1+1. The predicted octanol–water partition coefficient (Wildman–Crippen LogP) is 2.62. The van der Waals surface area contributed by atoms with Gasteiger partial charge in [-0.2, -0.15) is 8.42 Å². The molecule has 0 bridgehead atoms. The Morgan fingerprint density at radius 1 is 0.906 bits per heavy atom. The summed E-state index contributed by atoms with van der Waals surface area (Å²) >= 11 is 0. The van der Waals surface area contributed by atoms with Gasteiger partial charge in [-0.25, -0.2) is 8.42 Å². The second-order valence-electron chi connectivity index (χ2n) is 7.79. The van der Waals surface area contributed by atoms with Gasteiger partial charge >= 0.3 is 0 Å². The van der Waals surface area contributed by atoms with Gasteiger partial charge in [0.15, 0.2) is 12.6 Å². The highest BCUT2D eigenvalue weighted by Gasteiger charge is 2.39. The average molecular weight is 568 g/mol. The molecule has 0 aromatic heterocycles. The summed E-state index contributed by atoms with van der Waals surface area (Å²) in [6, 6.07) is 0. The van der Waals surface area contributed by atoms with E-state index in [0.29, 0.717) is 19.1 Å². The molecule has 2 saturated heterocycles. The lowest BCUT2D eigenvalue weighted by molar-refractivity contribution is -0.200. The van der Waals surface area contributed by atoms with E-state index in [-0.39, 0.29) is 26.6 Å². The van der Waals surface area contributed by atoms with Crippen LogP contribution in [0.2, 0.25) is 0 Å². The van der Waals surface area contributed by atoms with Crippen molar-refractivity contribution in [3.63, 3.8) is 0 Å². The molecule has 2 aliphatic heterocycles. The highest BCUT2D eigenvalue weighted by Crippen LogP contribution is 2.30. The summed E-state index contributed by atoms with van der Waals surface area (Å²) in [4.78, 5) is 0. The molecule has 2 aliphatic rings. The largest absolute Gasteiger partial charge is 0.388 e. The minimum atomic E-state index is -3.49. The number of aliphatic hydroxyl groups excluding tert-OH is 1. The van der Waals surface area contributed by atoms with Crippen molar-refractivity contribution in [3.8, 4) is 0 Å². The number of ether oxygens (including phenoxy) is 2. The quantitative estimate of drug-likeness (QED) is 0.307. The summed E-state index contributed by atoms with van der Waals surface area (Å²) in [6.45, 7) is 9.20. The van der Waals surface area contributed by atoms with Crippen molar-refractivity contribution in [3.05, 3.63) is 0 Å². The molecule has 2 fully saturated rings. The van der Waals surface area contributed by atoms with Crippen molar-refractivity contribution in [2.45, 2.75) is 59.9 Å². The molecular formula is C17H41ClO10P2S2. The SMILES string of the molecule is C.CS(=O)(=O)Cl.C[C@H]1[C@@H](C)COC(OP)[C@@H]1O.C[C@H]1[C@@H](C)COC(OP)[C@@H]1OS(C)(=O)=O.[2HH]. The fourth-order valence-corrected chi connectivity index (χ4v) is 3.86. The Balaban J connectivity index is -0.000000443. The van der Waals surface area contributed by atoms with Crippen LogP contribution in [0.4, 0.5) is 0 Å². The van der Waals surface area contributed by atoms with Gasteiger partial charge in [0, 0.05) is 31.0 Å². The molecule has 10 nitrogen and oxygen atoms in total. The van der Waals surface area contributed by atoms with Crippen LogP contribution in [0.3, 0.4) is 0 Å². The molecule has 0 radical (unpaired) electrons. The maximum Gasteiger partial charge on any atom is 0.264 e. The van der Waals surface area contributed by atoms with Gasteiger partial charge in [-0.3, -0.25) is 4.18 Å². The van der Waals surface area contributed by atoms with Crippen molar-refractivity contribution in [2.24, 2.45) is 23.7 Å². The van der Waals surface area contributed by atoms with Crippen LogP contribution in [0.25, 0.3) is 0 Å². The van der Waals surface area contributed by atoms with Crippen LogP contribution in [0.1, 0.15) is 36.5 Å². The van der Waals surface area contributed by atoms with Crippen LogP contribution in [-0.4, -0.2) is 72.5 Å². The Hall–Kier alpha value is 0.810. The van der Waals surface area contributed by atoms with Crippen LogP contribution >= 0.6 is 29.6 Å². The van der Waals surface area contributed by atoms with Gasteiger partial charge < -0.3 is 23.6 Å². The lowest BCUT2D eigenvalue weighted by atomic mass is 9.89. The minimum absolute atomic E-state index is 0. The second kappa shape index (κ2) is 15.7. The molecule has 0 amide bonds. The lowest BCUT2D eigenvalue weighted by Gasteiger charge is -2.37. The Morgan fingerprint density at radius 2 is 1.28 bits per heavy atom. The summed E-state index contributed by atoms with van der Waals surface area (Å²) in [7, 11) is 2.00. The van der Waals surface area contributed by atoms with E-state index in [1.54, 1.807) is 0 Å². The molecule has 198 valence electrons. The van der Waals surface area contributed by atoms with Crippen molar-refractivity contribution < 1.29 is 46.1 Å². The monoisotopic (exact) mass is 567 g/mol. The zero-order valence-corrected chi connectivity index (χ0v) is 23.2. The number of hydrogen-bond acceptors (Lipinski definition) is 10. The normalized spacial score (nSPS) is 35.3. The zero-order valence-electron chi connectivity index (χ0n) is 18.5. The molecule has 0 spiro atoms. The number of rotatable bonds is 4. The van der Waals surface area contributed by atoms with Crippen LogP contribution < -0.4 is 0 Å². The zero-order chi connectivity index (χ0) is 24.6. The fraction of sp³-hybridized carbons (Fsp3) is 1.00. The molecule has 4 unspecified atom stereocenters. The van der Waals surface area contributed by atoms with Gasteiger partial charge in [0.25, 0.3) is 10.1 Å². The van der Waals surface area contributed by atoms with Crippen LogP contribution in [0.5, 0.6) is 0 Å². The lowest BCUT2D eigenvalue weighted by Crippen LogP contribution is -2.46. The second-order valence-corrected chi connectivity index (χ2v) is 13.0. The third kappa shape index (κ3) is 14.3. The molecule has 0 aromatic rings. The summed E-state index contributed by atoms with van der Waals surface area (Å²) < 4.78 is 66.3. The Labute approximate surface area is 204 Å². The van der Waals surface area contributed by atoms with E-state index >= 15 is 0 Å². The smallest absolute Gasteiger partial charge is 0.264 e. The van der Waals surface area contributed by atoms with Gasteiger partial charge in [0.2, 0.25) is 9.05 Å². The van der Waals surface area contributed by atoms with E-state index in [1.807, 2.05) is 20.8 Å². The first-order chi connectivity index (χ1) is 14.0. The first-order valence-corrected chi connectivity index (χ1v) is 14.9. The van der Waals surface area contributed by atoms with Crippen molar-refractivity contribution in [1.29, 1.82) is 0 Å². The summed E-state index contributed by atoms with van der Waals surface area (Å²) in [6.07, 6.45) is -0.243. The van der Waals surface area contributed by atoms with Crippen molar-refractivity contribution in [2.75, 3.05) is 25.7 Å². The summed E-state index contributed by atoms with van der Waals surface area (Å²) in [5.74, 6) is 0.961.